The van der Waals surface area contributed by atoms with Crippen LogP contribution < -0.4 is 0 Å². The fourth-order valence-electron chi connectivity index (χ4n) is 2.40. The molecular weight excluding hydrogens is 148 g/mol. The van der Waals surface area contributed by atoms with Gasteiger partial charge in [-0.25, -0.2) is 0 Å². The zero-order chi connectivity index (χ0) is 9.35. The van der Waals surface area contributed by atoms with Crippen LogP contribution in [0.1, 0.15) is 33.6 Å². The molecule has 1 saturated carbocycles. The second kappa shape index (κ2) is 2.94. The number of hydrogen-bond donors (Lipinski definition) is 0. The molecule has 0 saturated heterocycles. The van der Waals surface area contributed by atoms with Crippen LogP contribution in [0.5, 0.6) is 0 Å². The van der Waals surface area contributed by atoms with Gasteiger partial charge in [0.15, 0.2) is 0 Å². The maximum Gasteiger partial charge on any atom is 0.209 e. The van der Waals surface area contributed by atoms with Crippen LogP contribution in [0.25, 0.3) is 0 Å². The van der Waals surface area contributed by atoms with Gasteiger partial charge in [0.1, 0.15) is 0 Å². The summed E-state index contributed by atoms with van der Waals surface area (Å²) in [6.45, 7) is 6.39. The molecule has 0 radical (unpaired) electrons. The standard InChI is InChI=1S/C11H16O/c1-5-9(12)10-8(2)6-7-11(10,3)4/h1,8,10H,6-7H2,2-4H3. The molecule has 0 aliphatic heterocycles. The summed E-state index contributed by atoms with van der Waals surface area (Å²) in [5, 5.41) is 0. The lowest BCUT2D eigenvalue weighted by Crippen LogP contribution is -2.28. The molecule has 0 aromatic rings. The summed E-state index contributed by atoms with van der Waals surface area (Å²) in [4.78, 5) is 11.4. The van der Waals surface area contributed by atoms with Gasteiger partial charge in [0.05, 0.1) is 0 Å². The Labute approximate surface area is 74.5 Å². The lowest BCUT2D eigenvalue weighted by atomic mass is 9.77. The van der Waals surface area contributed by atoms with Crippen molar-refractivity contribution in [2.75, 3.05) is 0 Å². The third kappa shape index (κ3) is 1.39. The summed E-state index contributed by atoms with van der Waals surface area (Å²) in [5.41, 5.74) is 0.114. The Bertz CT molecular complexity index is 232. The fraction of sp³-hybridized carbons (Fsp3) is 0.727. The first-order valence-corrected chi connectivity index (χ1v) is 4.49. The molecule has 0 spiro atoms. The first kappa shape index (κ1) is 9.32. The highest BCUT2D eigenvalue weighted by Crippen LogP contribution is 2.46. The van der Waals surface area contributed by atoms with E-state index in [0.29, 0.717) is 5.92 Å². The zero-order valence-electron chi connectivity index (χ0n) is 8.05. The van der Waals surface area contributed by atoms with E-state index in [-0.39, 0.29) is 17.1 Å². The van der Waals surface area contributed by atoms with Crippen LogP contribution >= 0.6 is 0 Å². The van der Waals surface area contributed by atoms with E-state index in [1.807, 2.05) is 0 Å². The van der Waals surface area contributed by atoms with Gasteiger partial charge in [0.25, 0.3) is 0 Å². The van der Waals surface area contributed by atoms with Crippen molar-refractivity contribution in [2.24, 2.45) is 17.3 Å². The average Bonchev–Trinajstić information content (AvgIpc) is 2.25. The number of carbonyl (C=O) groups excluding carboxylic acids is 1. The Kier molecular flexibility index (Phi) is 2.28. The number of ketones is 1. The lowest BCUT2D eigenvalue weighted by molar-refractivity contribution is -0.120. The summed E-state index contributed by atoms with van der Waals surface area (Å²) in [7, 11) is 0. The van der Waals surface area contributed by atoms with Crippen LogP contribution in [-0.2, 0) is 4.79 Å². The van der Waals surface area contributed by atoms with E-state index in [0.717, 1.165) is 12.8 Å². The number of hydrogen-bond acceptors (Lipinski definition) is 1. The van der Waals surface area contributed by atoms with Gasteiger partial charge in [0.2, 0.25) is 5.78 Å². The van der Waals surface area contributed by atoms with Crippen molar-refractivity contribution >= 4 is 5.78 Å². The van der Waals surface area contributed by atoms with E-state index >= 15 is 0 Å². The SMILES string of the molecule is C#CC(=O)C1C(C)CCC1(C)C. The Hall–Kier alpha value is -0.770. The molecule has 66 valence electrons. The van der Waals surface area contributed by atoms with E-state index in [2.05, 4.69) is 26.7 Å². The Morgan fingerprint density at radius 2 is 2.17 bits per heavy atom. The van der Waals surface area contributed by atoms with Crippen LogP contribution in [0.4, 0.5) is 0 Å². The van der Waals surface area contributed by atoms with Crippen LogP contribution in [0.3, 0.4) is 0 Å². The molecule has 1 fully saturated rings. The van der Waals surface area contributed by atoms with E-state index in [1.54, 1.807) is 0 Å². The van der Waals surface area contributed by atoms with Crippen molar-refractivity contribution in [3.05, 3.63) is 0 Å². The molecule has 0 aromatic heterocycles. The van der Waals surface area contributed by atoms with Crippen molar-refractivity contribution in [1.82, 2.24) is 0 Å². The molecule has 2 unspecified atom stereocenters. The van der Waals surface area contributed by atoms with Crippen molar-refractivity contribution < 1.29 is 4.79 Å². The fourth-order valence-corrected chi connectivity index (χ4v) is 2.40. The van der Waals surface area contributed by atoms with Gasteiger partial charge in [-0.1, -0.05) is 20.8 Å². The highest BCUT2D eigenvalue weighted by atomic mass is 16.1. The average molecular weight is 164 g/mol. The molecule has 12 heavy (non-hydrogen) atoms. The summed E-state index contributed by atoms with van der Waals surface area (Å²) in [6, 6.07) is 0. The topological polar surface area (TPSA) is 17.1 Å². The van der Waals surface area contributed by atoms with Gasteiger partial charge in [-0.05, 0) is 30.1 Å². The van der Waals surface area contributed by atoms with Crippen LogP contribution in [0.15, 0.2) is 0 Å². The van der Waals surface area contributed by atoms with Gasteiger partial charge in [-0.15, -0.1) is 6.42 Å². The lowest BCUT2D eigenvalue weighted by Gasteiger charge is -2.26. The van der Waals surface area contributed by atoms with Crippen LogP contribution in [0.2, 0.25) is 0 Å². The minimum Gasteiger partial charge on any atom is -0.285 e. The Morgan fingerprint density at radius 1 is 1.58 bits per heavy atom. The van der Waals surface area contributed by atoms with Crippen molar-refractivity contribution in [3.63, 3.8) is 0 Å². The van der Waals surface area contributed by atoms with Crippen molar-refractivity contribution in [2.45, 2.75) is 33.6 Å². The maximum absolute atomic E-state index is 11.4. The van der Waals surface area contributed by atoms with Gasteiger partial charge in [0, 0.05) is 5.92 Å². The third-order valence-corrected chi connectivity index (χ3v) is 3.08. The molecule has 1 rings (SSSR count). The normalized spacial score (nSPS) is 32.8. The summed E-state index contributed by atoms with van der Waals surface area (Å²) in [5.74, 6) is 2.79. The molecule has 0 amide bonds. The van der Waals surface area contributed by atoms with Crippen molar-refractivity contribution in [3.8, 4) is 12.3 Å². The first-order chi connectivity index (χ1) is 5.49. The minimum atomic E-state index is -0.00926. The smallest absolute Gasteiger partial charge is 0.209 e. The van der Waals surface area contributed by atoms with Gasteiger partial charge in [-0.2, -0.15) is 0 Å². The predicted octanol–water partition coefficient (Wildman–Crippen LogP) is 2.26. The van der Waals surface area contributed by atoms with Crippen molar-refractivity contribution in [1.29, 1.82) is 0 Å². The Balaban J connectivity index is 2.87. The molecule has 2 atom stereocenters. The molecule has 1 aliphatic carbocycles. The summed E-state index contributed by atoms with van der Waals surface area (Å²) < 4.78 is 0. The molecular formula is C11H16O. The van der Waals surface area contributed by atoms with Gasteiger partial charge < -0.3 is 0 Å². The van der Waals surface area contributed by atoms with E-state index in [1.165, 1.54) is 0 Å². The predicted molar refractivity (Wildman–Crippen MR) is 49.5 cm³/mol. The molecule has 1 heteroatoms. The molecule has 0 bridgehead atoms. The Morgan fingerprint density at radius 3 is 2.50 bits per heavy atom. The highest BCUT2D eigenvalue weighted by Gasteiger charge is 2.43. The van der Waals surface area contributed by atoms with Gasteiger partial charge in [-0.3, -0.25) is 4.79 Å². The molecule has 1 nitrogen and oxygen atoms in total. The molecule has 1 aliphatic rings. The number of carbonyl (C=O) groups is 1. The quantitative estimate of drug-likeness (QED) is 0.429. The second-order valence-electron chi connectivity index (χ2n) is 4.49. The van der Waals surface area contributed by atoms with Crippen LogP contribution in [0, 0.1) is 29.6 Å². The zero-order valence-corrected chi connectivity index (χ0v) is 8.05. The first-order valence-electron chi connectivity index (χ1n) is 4.49. The highest BCUT2D eigenvalue weighted by molar-refractivity contribution is 5.97. The maximum atomic E-state index is 11.4. The number of terminal acetylenes is 1. The monoisotopic (exact) mass is 164 g/mol. The summed E-state index contributed by atoms with van der Waals surface area (Å²) in [6.07, 6.45) is 7.38. The molecule has 0 N–H and O–H groups in total. The second-order valence-corrected chi connectivity index (χ2v) is 4.49. The largest absolute Gasteiger partial charge is 0.285 e. The summed E-state index contributed by atoms with van der Waals surface area (Å²) >= 11 is 0. The van der Waals surface area contributed by atoms with E-state index < -0.39 is 0 Å². The van der Waals surface area contributed by atoms with Gasteiger partial charge >= 0.3 is 0 Å². The number of Topliss-reactive ketones (excluding diaryl/α,β-unsaturated/α-hetero) is 1. The number of rotatable bonds is 1. The molecule has 0 heterocycles. The van der Waals surface area contributed by atoms with E-state index in [4.69, 9.17) is 6.42 Å². The molecule has 0 aromatic carbocycles. The van der Waals surface area contributed by atoms with Crippen LogP contribution in [-0.4, -0.2) is 5.78 Å². The third-order valence-electron chi connectivity index (χ3n) is 3.08. The minimum absolute atomic E-state index is 0.00926. The van der Waals surface area contributed by atoms with E-state index in [9.17, 15) is 4.79 Å².